The van der Waals surface area contributed by atoms with Crippen LogP contribution in [-0.4, -0.2) is 43.4 Å². The molecule has 1 saturated heterocycles. The predicted octanol–water partition coefficient (Wildman–Crippen LogP) is 3.49. The van der Waals surface area contributed by atoms with Crippen molar-refractivity contribution in [3.8, 4) is 5.75 Å². The number of ether oxygens (including phenoxy) is 1. The van der Waals surface area contributed by atoms with Gasteiger partial charge in [0, 0.05) is 19.6 Å². The van der Waals surface area contributed by atoms with Crippen LogP contribution in [0, 0.1) is 5.92 Å². The number of hydrogen-bond donors (Lipinski definition) is 0. The summed E-state index contributed by atoms with van der Waals surface area (Å²) in [7, 11) is -1.96. The number of hydrogen-bond acceptors (Lipinski definition) is 6. The second-order valence-electron chi connectivity index (χ2n) is 7.20. The molecule has 0 radical (unpaired) electrons. The monoisotopic (exact) mass is 477 g/mol. The number of rotatable bonds is 6. The lowest BCUT2D eigenvalue weighted by Gasteiger charge is -2.29. The lowest BCUT2D eigenvalue weighted by Crippen LogP contribution is -2.42. The molecule has 0 saturated carbocycles. The standard InChI is InChI=1S/C21H23N3O4S3/c1-3-10-24-17-9-8-16(28-2)13-18(17)30-21(24)22-20(25)15-6-4-11-23(14-15)31(26,27)19-7-5-12-29-19/h3,5,7-9,12-13,15H,1,4,6,10-11,14H2,2H3. The first-order valence-electron chi connectivity index (χ1n) is 9.84. The molecule has 7 nitrogen and oxygen atoms in total. The zero-order chi connectivity index (χ0) is 22.0. The smallest absolute Gasteiger partial charge is 0.252 e. The first-order chi connectivity index (χ1) is 14.9. The van der Waals surface area contributed by atoms with Crippen LogP contribution in [-0.2, 0) is 21.4 Å². The maximum atomic E-state index is 13.0. The molecule has 1 fully saturated rings. The van der Waals surface area contributed by atoms with Crippen molar-refractivity contribution in [1.29, 1.82) is 0 Å². The molecule has 1 unspecified atom stereocenters. The Morgan fingerprint density at radius 3 is 2.94 bits per heavy atom. The summed E-state index contributed by atoms with van der Waals surface area (Å²) in [5.74, 6) is -0.0121. The Morgan fingerprint density at radius 2 is 2.23 bits per heavy atom. The maximum absolute atomic E-state index is 13.0. The van der Waals surface area contributed by atoms with Gasteiger partial charge >= 0.3 is 0 Å². The number of allylic oxidation sites excluding steroid dienone is 1. The van der Waals surface area contributed by atoms with Crippen molar-refractivity contribution in [2.75, 3.05) is 20.2 Å². The largest absolute Gasteiger partial charge is 0.497 e. The third kappa shape index (κ3) is 4.38. The molecule has 2 aromatic heterocycles. The highest BCUT2D eigenvalue weighted by Crippen LogP contribution is 2.27. The van der Waals surface area contributed by atoms with Gasteiger partial charge in [0.2, 0.25) is 0 Å². The van der Waals surface area contributed by atoms with Crippen LogP contribution in [0.3, 0.4) is 0 Å². The van der Waals surface area contributed by atoms with Crippen molar-refractivity contribution >= 4 is 48.8 Å². The second kappa shape index (κ2) is 9.07. The van der Waals surface area contributed by atoms with E-state index in [0.717, 1.165) is 16.0 Å². The van der Waals surface area contributed by atoms with Crippen LogP contribution in [0.2, 0.25) is 0 Å². The van der Waals surface area contributed by atoms with Crippen molar-refractivity contribution in [2.24, 2.45) is 10.9 Å². The fraction of sp³-hybridized carbons (Fsp3) is 0.333. The van der Waals surface area contributed by atoms with Crippen LogP contribution in [0.25, 0.3) is 10.2 Å². The third-order valence-corrected chi connectivity index (χ3v) is 9.51. The summed E-state index contributed by atoms with van der Waals surface area (Å²) in [6, 6.07) is 9.04. The van der Waals surface area contributed by atoms with Gasteiger partial charge in [0.15, 0.2) is 4.80 Å². The molecular weight excluding hydrogens is 454 g/mol. The molecule has 31 heavy (non-hydrogen) atoms. The molecule has 10 heteroatoms. The number of amides is 1. The number of nitrogens with zero attached hydrogens (tertiary/aromatic N) is 3. The lowest BCUT2D eigenvalue weighted by molar-refractivity contribution is -0.122. The number of thiazole rings is 1. The quantitative estimate of drug-likeness (QED) is 0.509. The summed E-state index contributed by atoms with van der Waals surface area (Å²) in [4.78, 5) is 18.0. The van der Waals surface area contributed by atoms with E-state index < -0.39 is 15.9 Å². The highest BCUT2D eigenvalue weighted by Gasteiger charge is 2.33. The van der Waals surface area contributed by atoms with E-state index >= 15 is 0 Å². The Hall–Kier alpha value is -2.27. The summed E-state index contributed by atoms with van der Waals surface area (Å²) < 4.78 is 35.6. The number of piperidine rings is 1. The number of methoxy groups -OCH3 is 1. The van der Waals surface area contributed by atoms with Gasteiger partial charge in [-0.1, -0.05) is 23.5 Å². The van der Waals surface area contributed by atoms with E-state index in [-0.39, 0.29) is 12.5 Å². The molecule has 164 valence electrons. The molecule has 1 aliphatic heterocycles. The van der Waals surface area contributed by atoms with Crippen LogP contribution >= 0.6 is 22.7 Å². The minimum Gasteiger partial charge on any atom is -0.497 e. The molecule has 3 aromatic rings. The van der Waals surface area contributed by atoms with Gasteiger partial charge in [-0.05, 0) is 42.5 Å². The molecule has 3 heterocycles. The Kier molecular flexibility index (Phi) is 6.42. The van der Waals surface area contributed by atoms with Gasteiger partial charge in [-0.15, -0.1) is 17.9 Å². The normalized spacial score (nSPS) is 18.4. The van der Waals surface area contributed by atoms with Gasteiger partial charge in [0.05, 0.1) is 23.2 Å². The van der Waals surface area contributed by atoms with Gasteiger partial charge in [0.1, 0.15) is 9.96 Å². The number of fused-ring (bicyclic) bond motifs is 1. The zero-order valence-corrected chi connectivity index (χ0v) is 19.5. The zero-order valence-electron chi connectivity index (χ0n) is 17.1. The predicted molar refractivity (Wildman–Crippen MR) is 123 cm³/mol. The fourth-order valence-electron chi connectivity index (χ4n) is 3.66. The Bertz CT molecular complexity index is 1270. The fourth-order valence-corrected chi connectivity index (χ4v) is 7.40. The van der Waals surface area contributed by atoms with Gasteiger partial charge in [-0.3, -0.25) is 4.79 Å². The number of aromatic nitrogens is 1. The van der Waals surface area contributed by atoms with Gasteiger partial charge in [-0.25, -0.2) is 8.42 Å². The minimum atomic E-state index is -3.57. The van der Waals surface area contributed by atoms with E-state index in [9.17, 15) is 13.2 Å². The average Bonchev–Trinajstić information content (AvgIpc) is 3.43. The van der Waals surface area contributed by atoms with Crippen molar-refractivity contribution in [3.05, 3.63) is 53.2 Å². The van der Waals surface area contributed by atoms with Crippen molar-refractivity contribution in [2.45, 2.75) is 23.6 Å². The highest BCUT2D eigenvalue weighted by molar-refractivity contribution is 7.91. The molecule has 0 N–H and O–H groups in total. The van der Waals surface area contributed by atoms with Crippen LogP contribution in [0.4, 0.5) is 0 Å². The summed E-state index contributed by atoms with van der Waals surface area (Å²) in [6.07, 6.45) is 3.02. The number of thiophene rings is 1. The summed E-state index contributed by atoms with van der Waals surface area (Å²) >= 11 is 2.60. The Morgan fingerprint density at radius 1 is 1.39 bits per heavy atom. The van der Waals surface area contributed by atoms with Crippen LogP contribution < -0.4 is 9.54 Å². The lowest BCUT2D eigenvalue weighted by atomic mass is 9.99. The maximum Gasteiger partial charge on any atom is 0.252 e. The van der Waals surface area contributed by atoms with E-state index in [4.69, 9.17) is 4.74 Å². The van der Waals surface area contributed by atoms with Gasteiger partial charge < -0.3 is 9.30 Å². The van der Waals surface area contributed by atoms with Gasteiger partial charge in [-0.2, -0.15) is 9.30 Å². The minimum absolute atomic E-state index is 0.155. The average molecular weight is 478 g/mol. The number of carbonyl (C=O) groups is 1. The Balaban J connectivity index is 1.64. The first kappa shape index (κ1) is 21.9. The molecular formula is C21H23N3O4S3. The van der Waals surface area contributed by atoms with Crippen molar-refractivity contribution in [3.63, 3.8) is 0 Å². The van der Waals surface area contributed by atoms with Crippen molar-refractivity contribution in [1.82, 2.24) is 8.87 Å². The van der Waals surface area contributed by atoms with E-state index in [1.54, 1.807) is 30.7 Å². The molecule has 0 aliphatic carbocycles. The summed E-state index contributed by atoms with van der Waals surface area (Å²) in [6.45, 7) is 4.90. The van der Waals surface area contributed by atoms with Crippen LogP contribution in [0.5, 0.6) is 5.75 Å². The molecule has 1 aliphatic rings. The first-order valence-corrected chi connectivity index (χ1v) is 13.0. The number of sulfonamides is 1. The molecule has 1 atom stereocenters. The van der Waals surface area contributed by atoms with Crippen molar-refractivity contribution < 1.29 is 17.9 Å². The number of benzene rings is 1. The molecule has 1 amide bonds. The van der Waals surface area contributed by atoms with E-state index in [1.165, 1.54) is 27.0 Å². The molecule has 1 aromatic carbocycles. The number of carbonyl (C=O) groups excluding carboxylic acids is 1. The second-order valence-corrected chi connectivity index (χ2v) is 11.3. The molecule has 0 bridgehead atoms. The summed E-state index contributed by atoms with van der Waals surface area (Å²) in [5, 5.41) is 1.74. The SMILES string of the molecule is C=CCn1c(=NC(=O)C2CCCN(S(=O)(=O)c3cccs3)C2)sc2cc(OC)ccc21. The third-order valence-electron chi connectivity index (χ3n) is 5.23. The molecule has 4 rings (SSSR count). The summed E-state index contributed by atoms with van der Waals surface area (Å²) in [5.41, 5.74) is 0.947. The van der Waals surface area contributed by atoms with E-state index in [1.807, 2.05) is 22.8 Å². The highest BCUT2D eigenvalue weighted by atomic mass is 32.2. The van der Waals surface area contributed by atoms with Crippen LogP contribution in [0.1, 0.15) is 12.8 Å². The van der Waals surface area contributed by atoms with E-state index in [2.05, 4.69) is 11.6 Å². The topological polar surface area (TPSA) is 81.0 Å². The van der Waals surface area contributed by atoms with Crippen LogP contribution in [0.15, 0.2) is 57.6 Å². The van der Waals surface area contributed by atoms with Gasteiger partial charge in [0.25, 0.3) is 15.9 Å². The van der Waals surface area contributed by atoms with E-state index in [0.29, 0.717) is 34.9 Å². The molecule has 0 spiro atoms. The Labute approximate surface area is 189 Å².